The molecule has 4 nitrogen and oxygen atoms in total. The molecular formula is C12H18N2O2. The van der Waals surface area contributed by atoms with Crippen LogP contribution in [-0.4, -0.2) is 21.9 Å². The summed E-state index contributed by atoms with van der Waals surface area (Å²) in [6.45, 7) is 7.54. The number of Topliss-reactive ketones (excluding diaryl/α,β-unsaturated/α-hetero) is 1. The molecule has 4 heteroatoms. The van der Waals surface area contributed by atoms with E-state index >= 15 is 0 Å². The van der Waals surface area contributed by atoms with Crippen LogP contribution in [-0.2, 0) is 4.79 Å². The smallest absolute Gasteiger partial charge is 0.232 e. The van der Waals surface area contributed by atoms with Crippen LogP contribution in [0.1, 0.15) is 45.7 Å². The van der Waals surface area contributed by atoms with E-state index < -0.39 is 0 Å². The third kappa shape index (κ3) is 3.29. The predicted octanol–water partition coefficient (Wildman–Crippen LogP) is 2.35. The summed E-state index contributed by atoms with van der Waals surface area (Å²) in [4.78, 5) is 19.8. The first kappa shape index (κ1) is 12.6. The predicted molar refractivity (Wildman–Crippen MR) is 61.5 cm³/mol. The Bertz CT molecular complexity index is 364. The Morgan fingerprint density at radius 3 is 2.62 bits per heavy atom. The van der Waals surface area contributed by atoms with Gasteiger partial charge >= 0.3 is 0 Å². The average molecular weight is 222 g/mol. The molecule has 0 radical (unpaired) electrons. The molecule has 0 aromatic carbocycles. The van der Waals surface area contributed by atoms with Crippen molar-refractivity contribution in [3.63, 3.8) is 0 Å². The Labute approximate surface area is 96.1 Å². The number of nitrogens with zero attached hydrogens (tertiary/aromatic N) is 2. The van der Waals surface area contributed by atoms with Crippen LogP contribution in [0.15, 0.2) is 12.4 Å². The highest BCUT2D eigenvalue weighted by molar-refractivity contribution is 5.84. The highest BCUT2D eigenvalue weighted by atomic mass is 16.5. The number of hydrogen-bond acceptors (Lipinski definition) is 4. The fraction of sp³-hybridized carbons (Fsp3) is 0.583. The van der Waals surface area contributed by atoms with Crippen LogP contribution in [0.2, 0.25) is 0 Å². The largest absolute Gasteiger partial charge is 0.474 e. The number of ketones is 1. The molecule has 16 heavy (non-hydrogen) atoms. The SMILES string of the molecule is CCC(=O)C(C)c1cncc(OC(C)C)n1. The summed E-state index contributed by atoms with van der Waals surface area (Å²) in [6.07, 6.45) is 3.75. The topological polar surface area (TPSA) is 52.1 Å². The first-order valence-electron chi connectivity index (χ1n) is 5.55. The first-order chi connectivity index (χ1) is 7.54. The minimum absolute atomic E-state index is 0.0572. The highest BCUT2D eigenvalue weighted by Crippen LogP contribution is 2.17. The molecule has 0 fully saturated rings. The van der Waals surface area contributed by atoms with E-state index in [1.54, 1.807) is 12.4 Å². The Hall–Kier alpha value is -1.45. The minimum atomic E-state index is -0.215. The number of rotatable bonds is 5. The maximum absolute atomic E-state index is 11.5. The zero-order chi connectivity index (χ0) is 12.1. The fourth-order valence-electron chi connectivity index (χ4n) is 1.34. The van der Waals surface area contributed by atoms with Crippen molar-refractivity contribution in [2.75, 3.05) is 0 Å². The van der Waals surface area contributed by atoms with Crippen LogP contribution in [0.25, 0.3) is 0 Å². The van der Waals surface area contributed by atoms with Crippen molar-refractivity contribution < 1.29 is 9.53 Å². The standard InChI is InChI=1S/C12H18N2O2/c1-5-11(15)9(4)10-6-13-7-12(14-10)16-8(2)3/h6-9H,5H2,1-4H3. The Kier molecular flexibility index (Phi) is 4.40. The van der Waals surface area contributed by atoms with Gasteiger partial charge in [0.15, 0.2) is 0 Å². The summed E-state index contributed by atoms with van der Waals surface area (Å²) in [5.74, 6) is 0.424. The van der Waals surface area contributed by atoms with Crippen LogP contribution < -0.4 is 4.74 Å². The Morgan fingerprint density at radius 2 is 2.06 bits per heavy atom. The van der Waals surface area contributed by atoms with Crippen molar-refractivity contribution in [2.45, 2.75) is 46.1 Å². The van der Waals surface area contributed by atoms with E-state index in [0.29, 0.717) is 18.0 Å². The fourth-order valence-corrected chi connectivity index (χ4v) is 1.34. The molecule has 0 saturated heterocycles. The number of carbonyl (C=O) groups excluding carboxylic acids is 1. The molecule has 0 bridgehead atoms. The van der Waals surface area contributed by atoms with Crippen molar-refractivity contribution in [3.8, 4) is 5.88 Å². The van der Waals surface area contributed by atoms with Crippen molar-refractivity contribution in [1.82, 2.24) is 9.97 Å². The maximum Gasteiger partial charge on any atom is 0.232 e. The van der Waals surface area contributed by atoms with Gasteiger partial charge < -0.3 is 4.74 Å². The van der Waals surface area contributed by atoms with Gasteiger partial charge in [-0.2, -0.15) is 0 Å². The third-order valence-electron chi connectivity index (χ3n) is 2.26. The van der Waals surface area contributed by atoms with E-state index in [9.17, 15) is 4.79 Å². The van der Waals surface area contributed by atoms with Gasteiger partial charge in [0.25, 0.3) is 0 Å². The average Bonchev–Trinajstić information content (AvgIpc) is 2.26. The lowest BCUT2D eigenvalue weighted by Gasteiger charge is -2.11. The lowest BCUT2D eigenvalue weighted by molar-refractivity contribution is -0.119. The van der Waals surface area contributed by atoms with Gasteiger partial charge in [-0.3, -0.25) is 9.78 Å². The van der Waals surface area contributed by atoms with Gasteiger partial charge in [0.05, 0.1) is 23.9 Å². The van der Waals surface area contributed by atoms with Crippen molar-refractivity contribution >= 4 is 5.78 Å². The normalized spacial score (nSPS) is 12.6. The zero-order valence-electron chi connectivity index (χ0n) is 10.2. The number of carbonyl (C=O) groups is 1. The van der Waals surface area contributed by atoms with E-state index in [2.05, 4.69) is 9.97 Å². The van der Waals surface area contributed by atoms with Gasteiger partial charge in [0.2, 0.25) is 5.88 Å². The van der Waals surface area contributed by atoms with E-state index in [-0.39, 0.29) is 17.8 Å². The van der Waals surface area contributed by atoms with E-state index in [0.717, 1.165) is 0 Å². The van der Waals surface area contributed by atoms with Crippen molar-refractivity contribution in [2.24, 2.45) is 0 Å². The summed E-state index contributed by atoms with van der Waals surface area (Å²) in [5.41, 5.74) is 0.671. The third-order valence-corrected chi connectivity index (χ3v) is 2.26. The molecule has 1 rings (SSSR count). The monoisotopic (exact) mass is 222 g/mol. The molecular weight excluding hydrogens is 204 g/mol. The van der Waals surface area contributed by atoms with E-state index in [4.69, 9.17) is 4.74 Å². The van der Waals surface area contributed by atoms with E-state index in [1.165, 1.54) is 0 Å². The summed E-state index contributed by atoms with van der Waals surface area (Å²) in [6, 6.07) is 0. The molecule has 0 N–H and O–H groups in total. The molecule has 0 saturated carbocycles. The molecule has 0 amide bonds. The highest BCUT2D eigenvalue weighted by Gasteiger charge is 2.15. The van der Waals surface area contributed by atoms with Gasteiger partial charge in [0, 0.05) is 12.6 Å². The molecule has 0 aliphatic heterocycles. The summed E-state index contributed by atoms with van der Waals surface area (Å²) < 4.78 is 5.43. The quantitative estimate of drug-likeness (QED) is 0.767. The summed E-state index contributed by atoms with van der Waals surface area (Å²) in [7, 11) is 0. The van der Waals surface area contributed by atoms with Crippen LogP contribution in [0.3, 0.4) is 0 Å². The number of hydrogen-bond donors (Lipinski definition) is 0. The molecule has 0 spiro atoms. The molecule has 0 aliphatic rings. The van der Waals surface area contributed by atoms with Gasteiger partial charge in [-0.25, -0.2) is 4.98 Å². The van der Waals surface area contributed by atoms with Crippen molar-refractivity contribution in [3.05, 3.63) is 18.1 Å². The van der Waals surface area contributed by atoms with Gasteiger partial charge in [0.1, 0.15) is 5.78 Å². The zero-order valence-corrected chi connectivity index (χ0v) is 10.2. The molecule has 1 aromatic heterocycles. The maximum atomic E-state index is 11.5. The van der Waals surface area contributed by atoms with Crippen LogP contribution in [0.5, 0.6) is 5.88 Å². The summed E-state index contributed by atoms with van der Waals surface area (Å²) >= 11 is 0. The van der Waals surface area contributed by atoms with E-state index in [1.807, 2.05) is 27.7 Å². The van der Waals surface area contributed by atoms with Crippen LogP contribution in [0, 0.1) is 0 Å². The first-order valence-corrected chi connectivity index (χ1v) is 5.55. The van der Waals surface area contributed by atoms with Crippen LogP contribution >= 0.6 is 0 Å². The van der Waals surface area contributed by atoms with Gasteiger partial charge in [-0.1, -0.05) is 6.92 Å². The molecule has 88 valence electrons. The second-order valence-corrected chi connectivity index (χ2v) is 3.99. The molecule has 1 unspecified atom stereocenters. The Balaban J connectivity index is 2.85. The van der Waals surface area contributed by atoms with Crippen LogP contribution in [0.4, 0.5) is 0 Å². The second kappa shape index (κ2) is 5.58. The number of aromatic nitrogens is 2. The molecule has 1 aromatic rings. The van der Waals surface area contributed by atoms with Gasteiger partial charge in [-0.15, -0.1) is 0 Å². The lowest BCUT2D eigenvalue weighted by Crippen LogP contribution is -2.12. The molecule has 0 aliphatic carbocycles. The van der Waals surface area contributed by atoms with Gasteiger partial charge in [-0.05, 0) is 20.8 Å². The summed E-state index contributed by atoms with van der Waals surface area (Å²) in [5, 5.41) is 0. The second-order valence-electron chi connectivity index (χ2n) is 3.99. The van der Waals surface area contributed by atoms with Crippen molar-refractivity contribution in [1.29, 1.82) is 0 Å². The minimum Gasteiger partial charge on any atom is -0.474 e. The lowest BCUT2D eigenvalue weighted by atomic mass is 10.0. The Morgan fingerprint density at radius 1 is 1.38 bits per heavy atom. The number of ether oxygens (including phenoxy) is 1. The molecule has 1 atom stereocenters. The molecule has 1 heterocycles.